The first kappa shape index (κ1) is 13.8. The highest BCUT2D eigenvalue weighted by Gasteiger charge is 2.20. The molecule has 100 valence electrons. The number of benzene rings is 1. The minimum atomic E-state index is -4.43. The van der Waals surface area contributed by atoms with Gasteiger partial charge in [0.2, 0.25) is 0 Å². The lowest BCUT2D eigenvalue weighted by Crippen LogP contribution is -2.01. The number of hydrogen-bond acceptors (Lipinski definition) is 4. The Morgan fingerprint density at radius 1 is 1.32 bits per heavy atom. The lowest BCUT2D eigenvalue weighted by atomic mass is 10.1. The zero-order valence-electron chi connectivity index (χ0n) is 9.75. The molecule has 1 aromatic carbocycles. The fourth-order valence-corrected chi connectivity index (χ4v) is 2.55. The summed E-state index contributed by atoms with van der Waals surface area (Å²) < 4.78 is 37.1. The Balaban J connectivity index is 2.74. The Kier molecular flexibility index (Phi) is 3.49. The van der Waals surface area contributed by atoms with Crippen LogP contribution in [-0.4, -0.2) is 19.3 Å². The SMILES string of the molecule is Cc1cc(S(=O)(=O)O)c(-c2ccc(C=O)o2)cc1Cl. The third-order valence-electron chi connectivity index (χ3n) is 2.55. The van der Waals surface area contributed by atoms with Crippen molar-refractivity contribution >= 4 is 28.0 Å². The molecule has 0 bridgehead atoms. The fourth-order valence-electron chi connectivity index (χ4n) is 1.62. The van der Waals surface area contributed by atoms with Gasteiger partial charge in [-0.2, -0.15) is 8.42 Å². The monoisotopic (exact) mass is 300 g/mol. The first-order chi connectivity index (χ1) is 8.82. The summed E-state index contributed by atoms with van der Waals surface area (Å²) in [4.78, 5) is 10.2. The van der Waals surface area contributed by atoms with Gasteiger partial charge in [-0.15, -0.1) is 0 Å². The molecular formula is C12H9ClO5S. The summed E-state index contributed by atoms with van der Waals surface area (Å²) in [7, 11) is -4.43. The van der Waals surface area contributed by atoms with Crippen molar-refractivity contribution in [2.45, 2.75) is 11.8 Å². The smallest absolute Gasteiger partial charge is 0.295 e. The Morgan fingerprint density at radius 2 is 2.00 bits per heavy atom. The van der Waals surface area contributed by atoms with Crippen LogP contribution in [0.25, 0.3) is 11.3 Å². The van der Waals surface area contributed by atoms with E-state index in [1.807, 2.05) is 0 Å². The molecular weight excluding hydrogens is 292 g/mol. The molecule has 0 fully saturated rings. The number of aldehydes is 1. The number of hydrogen-bond donors (Lipinski definition) is 1. The normalized spacial score (nSPS) is 11.5. The van der Waals surface area contributed by atoms with E-state index in [0.29, 0.717) is 16.9 Å². The number of furan rings is 1. The fraction of sp³-hybridized carbons (Fsp3) is 0.0833. The lowest BCUT2D eigenvalue weighted by molar-refractivity contribution is 0.110. The van der Waals surface area contributed by atoms with E-state index in [-0.39, 0.29) is 22.0 Å². The van der Waals surface area contributed by atoms with E-state index in [4.69, 9.17) is 16.0 Å². The van der Waals surface area contributed by atoms with Gasteiger partial charge in [0.1, 0.15) is 10.7 Å². The van der Waals surface area contributed by atoms with Crippen LogP contribution in [0, 0.1) is 6.92 Å². The first-order valence-electron chi connectivity index (χ1n) is 5.16. The highest BCUT2D eigenvalue weighted by Crippen LogP contribution is 2.33. The number of carbonyl (C=O) groups excluding carboxylic acids is 1. The van der Waals surface area contributed by atoms with E-state index < -0.39 is 10.1 Å². The maximum atomic E-state index is 11.4. The molecule has 0 aliphatic carbocycles. The topological polar surface area (TPSA) is 84.6 Å². The Labute approximate surface area is 114 Å². The van der Waals surface area contributed by atoms with Crippen LogP contribution in [0.2, 0.25) is 5.02 Å². The molecule has 7 heteroatoms. The zero-order valence-corrected chi connectivity index (χ0v) is 11.3. The van der Waals surface area contributed by atoms with Gasteiger partial charge in [-0.3, -0.25) is 9.35 Å². The van der Waals surface area contributed by atoms with Gasteiger partial charge < -0.3 is 4.42 Å². The molecule has 1 aromatic heterocycles. The van der Waals surface area contributed by atoms with Crippen molar-refractivity contribution in [2.75, 3.05) is 0 Å². The number of aryl methyl sites for hydroxylation is 1. The Morgan fingerprint density at radius 3 is 2.53 bits per heavy atom. The maximum Gasteiger partial charge on any atom is 0.295 e. The van der Waals surface area contributed by atoms with E-state index in [0.717, 1.165) is 0 Å². The van der Waals surface area contributed by atoms with Crippen LogP contribution < -0.4 is 0 Å². The van der Waals surface area contributed by atoms with Crippen molar-refractivity contribution in [2.24, 2.45) is 0 Å². The van der Waals surface area contributed by atoms with E-state index in [1.54, 1.807) is 6.92 Å². The number of carbonyl (C=O) groups is 1. The van der Waals surface area contributed by atoms with Crippen LogP contribution in [0.4, 0.5) is 0 Å². The number of rotatable bonds is 3. The van der Waals surface area contributed by atoms with Crippen molar-refractivity contribution in [3.8, 4) is 11.3 Å². The van der Waals surface area contributed by atoms with Gasteiger partial charge >= 0.3 is 0 Å². The van der Waals surface area contributed by atoms with Crippen molar-refractivity contribution in [1.82, 2.24) is 0 Å². The van der Waals surface area contributed by atoms with Crippen molar-refractivity contribution < 1.29 is 22.2 Å². The molecule has 0 saturated carbocycles. The predicted molar refractivity (Wildman–Crippen MR) is 69.1 cm³/mol. The summed E-state index contributed by atoms with van der Waals surface area (Å²) in [6, 6.07) is 5.44. The van der Waals surface area contributed by atoms with Crippen molar-refractivity contribution in [3.05, 3.63) is 40.6 Å². The van der Waals surface area contributed by atoms with Gasteiger partial charge in [0.25, 0.3) is 10.1 Å². The summed E-state index contributed by atoms with van der Waals surface area (Å²) in [6.45, 7) is 1.61. The second-order valence-corrected chi connectivity index (χ2v) is 5.69. The van der Waals surface area contributed by atoms with E-state index in [9.17, 15) is 17.8 Å². The average Bonchev–Trinajstić information content (AvgIpc) is 2.79. The minimum Gasteiger partial charge on any atom is -0.453 e. The van der Waals surface area contributed by atoms with Gasteiger partial charge in [-0.25, -0.2) is 0 Å². The summed E-state index contributed by atoms with van der Waals surface area (Å²) in [5, 5.41) is 0.325. The van der Waals surface area contributed by atoms with Crippen LogP contribution in [0.15, 0.2) is 33.6 Å². The molecule has 1 heterocycles. The molecule has 19 heavy (non-hydrogen) atoms. The molecule has 2 rings (SSSR count). The maximum absolute atomic E-state index is 11.4. The second-order valence-electron chi connectivity index (χ2n) is 3.89. The molecule has 0 aliphatic rings. The largest absolute Gasteiger partial charge is 0.453 e. The first-order valence-corrected chi connectivity index (χ1v) is 6.98. The summed E-state index contributed by atoms with van der Waals surface area (Å²) in [5.74, 6) is 0.185. The third kappa shape index (κ3) is 2.70. The highest BCUT2D eigenvalue weighted by atomic mass is 35.5. The van der Waals surface area contributed by atoms with Crippen LogP contribution in [0.5, 0.6) is 0 Å². The average molecular weight is 301 g/mol. The van der Waals surface area contributed by atoms with Gasteiger partial charge in [0.15, 0.2) is 12.0 Å². The van der Waals surface area contributed by atoms with Gasteiger partial charge in [0.05, 0.1) is 0 Å². The highest BCUT2D eigenvalue weighted by molar-refractivity contribution is 7.86. The lowest BCUT2D eigenvalue weighted by Gasteiger charge is -2.07. The second kappa shape index (κ2) is 4.80. The van der Waals surface area contributed by atoms with Crippen LogP contribution in [-0.2, 0) is 10.1 Å². The van der Waals surface area contributed by atoms with Crippen LogP contribution >= 0.6 is 11.6 Å². The molecule has 0 radical (unpaired) electrons. The number of halogens is 1. The molecule has 0 saturated heterocycles. The third-order valence-corrected chi connectivity index (χ3v) is 3.85. The van der Waals surface area contributed by atoms with Crippen molar-refractivity contribution in [3.63, 3.8) is 0 Å². The molecule has 0 spiro atoms. The van der Waals surface area contributed by atoms with Gasteiger partial charge in [-0.1, -0.05) is 11.6 Å². The van der Waals surface area contributed by atoms with Gasteiger partial charge in [0, 0.05) is 10.6 Å². The molecule has 0 atom stereocenters. The molecule has 0 aliphatic heterocycles. The quantitative estimate of drug-likeness (QED) is 0.696. The van der Waals surface area contributed by atoms with Crippen LogP contribution in [0.3, 0.4) is 0 Å². The molecule has 5 nitrogen and oxygen atoms in total. The molecule has 2 aromatic rings. The predicted octanol–water partition coefficient (Wildman–Crippen LogP) is 2.97. The van der Waals surface area contributed by atoms with Crippen molar-refractivity contribution in [1.29, 1.82) is 0 Å². The molecule has 1 N–H and O–H groups in total. The summed E-state index contributed by atoms with van der Waals surface area (Å²) in [6.07, 6.45) is 0.492. The van der Waals surface area contributed by atoms with Crippen LogP contribution in [0.1, 0.15) is 16.1 Å². The zero-order chi connectivity index (χ0) is 14.2. The Hall–Kier alpha value is -1.63. The summed E-state index contributed by atoms with van der Waals surface area (Å²) >= 11 is 5.94. The summed E-state index contributed by atoms with van der Waals surface area (Å²) in [5.41, 5.74) is 0.603. The molecule has 0 amide bonds. The van der Waals surface area contributed by atoms with E-state index in [1.165, 1.54) is 24.3 Å². The molecule has 0 unspecified atom stereocenters. The van der Waals surface area contributed by atoms with E-state index in [2.05, 4.69) is 0 Å². The Bertz CT molecular complexity index is 745. The van der Waals surface area contributed by atoms with E-state index >= 15 is 0 Å². The van der Waals surface area contributed by atoms with Gasteiger partial charge in [-0.05, 0) is 36.8 Å². The minimum absolute atomic E-state index is 0.0491. The standard InChI is InChI=1S/C12H9ClO5S/c1-7-4-12(19(15,16)17)9(5-10(7)13)11-3-2-8(6-14)18-11/h2-6H,1H3,(H,15,16,17).